The molecule has 0 fully saturated rings. The van der Waals surface area contributed by atoms with Crippen molar-refractivity contribution in [3.63, 3.8) is 0 Å². The number of benzene rings is 1. The van der Waals surface area contributed by atoms with Gasteiger partial charge < -0.3 is 14.5 Å². The Morgan fingerprint density at radius 2 is 1.70 bits per heavy atom. The molecule has 10 heteroatoms. The maximum absolute atomic E-state index is 12.4. The van der Waals surface area contributed by atoms with Crippen LogP contribution in [0.4, 0.5) is 5.69 Å². The predicted octanol–water partition coefficient (Wildman–Crippen LogP) is 0.190. The Hall–Kier alpha value is -2.75. The van der Waals surface area contributed by atoms with E-state index in [4.69, 9.17) is 9.47 Å². The molecule has 1 aromatic heterocycles. The summed E-state index contributed by atoms with van der Waals surface area (Å²) in [6.45, 7) is 1.41. The first-order chi connectivity index (χ1) is 10.8. The van der Waals surface area contributed by atoms with E-state index < -0.39 is 21.3 Å². The van der Waals surface area contributed by atoms with Gasteiger partial charge >= 0.3 is 5.69 Å². The lowest BCUT2D eigenvalue weighted by atomic mass is 10.3. The standard InChI is InChI=1S/C13H15N3O6S/c1-7-11(12(17)15-13(18)14-7)16-23(19,20)8-4-5-9(21-2)10(6-8)22-3/h4-6,16H,1-3H3,(H2,14,15,17,18). The van der Waals surface area contributed by atoms with E-state index in [0.29, 0.717) is 5.75 Å². The van der Waals surface area contributed by atoms with Crippen LogP contribution < -0.4 is 25.4 Å². The fraction of sp³-hybridized carbons (Fsp3) is 0.231. The fourth-order valence-electron chi connectivity index (χ4n) is 1.90. The largest absolute Gasteiger partial charge is 0.493 e. The van der Waals surface area contributed by atoms with Crippen LogP contribution in [0.5, 0.6) is 11.5 Å². The minimum atomic E-state index is -4.06. The van der Waals surface area contributed by atoms with E-state index in [9.17, 15) is 18.0 Å². The van der Waals surface area contributed by atoms with Crippen LogP contribution in [0.1, 0.15) is 5.69 Å². The van der Waals surface area contributed by atoms with E-state index >= 15 is 0 Å². The van der Waals surface area contributed by atoms with Gasteiger partial charge in [0.1, 0.15) is 5.69 Å². The molecule has 3 N–H and O–H groups in total. The van der Waals surface area contributed by atoms with E-state index in [1.807, 2.05) is 4.98 Å². The van der Waals surface area contributed by atoms with Crippen molar-refractivity contribution in [2.24, 2.45) is 0 Å². The molecule has 9 nitrogen and oxygen atoms in total. The Balaban J connectivity index is 2.48. The second-order valence-corrected chi connectivity index (χ2v) is 6.21. The number of aromatic nitrogens is 2. The smallest absolute Gasteiger partial charge is 0.326 e. The highest BCUT2D eigenvalue weighted by Crippen LogP contribution is 2.29. The van der Waals surface area contributed by atoms with Crippen LogP contribution in [0.25, 0.3) is 0 Å². The molecule has 124 valence electrons. The second-order valence-electron chi connectivity index (χ2n) is 4.53. The third-order valence-electron chi connectivity index (χ3n) is 3.03. The number of aromatic amines is 2. The monoisotopic (exact) mass is 341 g/mol. The summed E-state index contributed by atoms with van der Waals surface area (Å²) in [5.41, 5.74) is -1.72. The molecule has 0 amide bonds. The van der Waals surface area contributed by atoms with Crippen LogP contribution in [-0.4, -0.2) is 32.6 Å². The minimum Gasteiger partial charge on any atom is -0.493 e. The molecule has 1 aromatic carbocycles. The number of ether oxygens (including phenoxy) is 2. The number of nitrogens with one attached hydrogen (secondary N) is 3. The molecule has 0 aliphatic heterocycles. The van der Waals surface area contributed by atoms with E-state index in [2.05, 4.69) is 9.71 Å². The zero-order valence-corrected chi connectivity index (χ0v) is 13.4. The van der Waals surface area contributed by atoms with Gasteiger partial charge in [-0.05, 0) is 19.1 Å². The number of methoxy groups -OCH3 is 2. The van der Waals surface area contributed by atoms with Gasteiger partial charge in [0, 0.05) is 11.8 Å². The number of aryl methyl sites for hydroxylation is 1. The van der Waals surface area contributed by atoms with E-state index in [0.717, 1.165) is 0 Å². The highest BCUT2D eigenvalue weighted by atomic mass is 32.2. The summed E-state index contributed by atoms with van der Waals surface area (Å²) in [6, 6.07) is 3.99. The molecule has 2 aromatic rings. The van der Waals surface area contributed by atoms with Gasteiger partial charge in [-0.1, -0.05) is 0 Å². The van der Waals surface area contributed by atoms with Crippen LogP contribution in [0.15, 0.2) is 32.7 Å². The van der Waals surface area contributed by atoms with Crippen molar-refractivity contribution < 1.29 is 17.9 Å². The predicted molar refractivity (Wildman–Crippen MR) is 82.8 cm³/mol. The Kier molecular flexibility index (Phi) is 4.45. The lowest BCUT2D eigenvalue weighted by molar-refractivity contribution is 0.354. The maximum Gasteiger partial charge on any atom is 0.326 e. The van der Waals surface area contributed by atoms with Gasteiger partial charge in [0.05, 0.1) is 19.1 Å². The van der Waals surface area contributed by atoms with Crippen LogP contribution in [0.2, 0.25) is 0 Å². The van der Waals surface area contributed by atoms with Gasteiger partial charge in [0.25, 0.3) is 15.6 Å². The molecule has 0 saturated carbocycles. The van der Waals surface area contributed by atoms with Crippen molar-refractivity contribution in [3.8, 4) is 11.5 Å². The first-order valence-electron chi connectivity index (χ1n) is 6.36. The van der Waals surface area contributed by atoms with Crippen molar-refractivity contribution in [2.45, 2.75) is 11.8 Å². The molecule has 0 bridgehead atoms. The summed E-state index contributed by atoms with van der Waals surface area (Å²) in [5.74, 6) is 0.590. The van der Waals surface area contributed by atoms with Gasteiger partial charge in [-0.3, -0.25) is 14.5 Å². The fourth-order valence-corrected chi connectivity index (χ4v) is 3.04. The van der Waals surface area contributed by atoms with Crippen molar-refractivity contribution in [3.05, 3.63) is 44.7 Å². The quantitative estimate of drug-likeness (QED) is 0.711. The number of sulfonamides is 1. The number of rotatable bonds is 5. The third kappa shape index (κ3) is 3.37. The first kappa shape index (κ1) is 16.6. The average Bonchev–Trinajstić information content (AvgIpc) is 2.50. The number of H-pyrrole nitrogens is 2. The van der Waals surface area contributed by atoms with Crippen molar-refractivity contribution >= 4 is 15.7 Å². The van der Waals surface area contributed by atoms with Gasteiger partial charge in [0.2, 0.25) is 0 Å². The summed E-state index contributed by atoms with van der Waals surface area (Å²) in [5, 5.41) is 0. The normalized spacial score (nSPS) is 11.1. The van der Waals surface area contributed by atoms with Crippen molar-refractivity contribution in [2.75, 3.05) is 18.9 Å². The Bertz CT molecular complexity index is 945. The lowest BCUT2D eigenvalue weighted by Crippen LogP contribution is -2.28. The summed E-state index contributed by atoms with van der Waals surface area (Å²) < 4.78 is 37.1. The van der Waals surface area contributed by atoms with Crippen molar-refractivity contribution in [1.29, 1.82) is 0 Å². The average molecular weight is 341 g/mol. The van der Waals surface area contributed by atoms with Gasteiger partial charge in [-0.15, -0.1) is 0 Å². The molecule has 0 spiro atoms. The molecular weight excluding hydrogens is 326 g/mol. The minimum absolute atomic E-state index is 0.0998. The highest BCUT2D eigenvalue weighted by Gasteiger charge is 2.20. The molecule has 0 radical (unpaired) electrons. The van der Waals surface area contributed by atoms with Gasteiger partial charge in [-0.25, -0.2) is 13.2 Å². The number of anilines is 1. The highest BCUT2D eigenvalue weighted by molar-refractivity contribution is 7.92. The molecule has 2 rings (SSSR count). The van der Waals surface area contributed by atoms with E-state index in [1.54, 1.807) is 0 Å². The third-order valence-corrected chi connectivity index (χ3v) is 4.38. The molecular formula is C13H15N3O6S. The SMILES string of the molecule is COc1ccc(S(=O)(=O)Nc2c(C)[nH]c(=O)[nH]c2=O)cc1OC. The molecule has 23 heavy (non-hydrogen) atoms. The molecule has 0 atom stereocenters. The number of hydrogen-bond acceptors (Lipinski definition) is 6. The summed E-state index contributed by atoms with van der Waals surface area (Å²) in [7, 11) is -1.26. The number of hydrogen-bond donors (Lipinski definition) is 3. The Morgan fingerprint density at radius 3 is 2.26 bits per heavy atom. The maximum atomic E-state index is 12.4. The van der Waals surface area contributed by atoms with Crippen molar-refractivity contribution in [1.82, 2.24) is 9.97 Å². The zero-order valence-electron chi connectivity index (χ0n) is 12.6. The zero-order chi connectivity index (χ0) is 17.2. The van der Waals surface area contributed by atoms with Crippen LogP contribution in [0.3, 0.4) is 0 Å². The Labute approximate surface area is 131 Å². The lowest BCUT2D eigenvalue weighted by Gasteiger charge is -2.12. The molecule has 0 aliphatic rings. The molecule has 0 aliphatic carbocycles. The van der Waals surface area contributed by atoms with E-state index in [1.165, 1.54) is 39.3 Å². The van der Waals surface area contributed by atoms with Gasteiger partial charge in [-0.2, -0.15) is 0 Å². The summed E-state index contributed by atoms with van der Waals surface area (Å²) in [4.78, 5) is 27.0. The topological polar surface area (TPSA) is 130 Å². The van der Waals surface area contributed by atoms with Crippen LogP contribution in [-0.2, 0) is 10.0 Å². The molecule has 0 unspecified atom stereocenters. The first-order valence-corrected chi connectivity index (χ1v) is 7.85. The second kappa shape index (κ2) is 6.16. The molecule has 1 heterocycles. The summed E-state index contributed by atoms with van der Waals surface area (Å²) in [6.07, 6.45) is 0. The summed E-state index contributed by atoms with van der Waals surface area (Å²) >= 11 is 0. The van der Waals surface area contributed by atoms with Crippen LogP contribution in [0, 0.1) is 6.92 Å². The molecule has 0 saturated heterocycles. The van der Waals surface area contributed by atoms with Gasteiger partial charge in [0.15, 0.2) is 11.5 Å². The van der Waals surface area contributed by atoms with E-state index in [-0.39, 0.29) is 22.0 Å². The van der Waals surface area contributed by atoms with Crippen LogP contribution >= 0.6 is 0 Å². The Morgan fingerprint density at radius 1 is 1.04 bits per heavy atom.